The van der Waals surface area contributed by atoms with Crippen molar-refractivity contribution in [3.8, 4) is 0 Å². The van der Waals surface area contributed by atoms with E-state index in [-0.39, 0.29) is 11.7 Å². The van der Waals surface area contributed by atoms with Gasteiger partial charge in [-0.25, -0.2) is 9.37 Å². The van der Waals surface area contributed by atoms with Gasteiger partial charge in [0.2, 0.25) is 0 Å². The highest BCUT2D eigenvalue weighted by atomic mass is 19.1. The number of anilines is 2. The number of ether oxygens (including phenoxy) is 1. The lowest BCUT2D eigenvalue weighted by molar-refractivity contribution is 0.0746. The van der Waals surface area contributed by atoms with Crippen LogP contribution in [0.15, 0.2) is 42.6 Å². The van der Waals surface area contributed by atoms with Crippen molar-refractivity contribution in [2.24, 2.45) is 0 Å². The van der Waals surface area contributed by atoms with E-state index in [9.17, 15) is 9.18 Å². The van der Waals surface area contributed by atoms with Crippen LogP contribution in [0.25, 0.3) is 0 Å². The Bertz CT molecular complexity index is 713. The lowest BCUT2D eigenvalue weighted by Gasteiger charge is -2.36. The molecule has 2 aromatic rings. The number of carbonyl (C=O) groups is 1. The average Bonchev–Trinajstić information content (AvgIpc) is 2.69. The summed E-state index contributed by atoms with van der Waals surface area (Å²) in [6.45, 7) is 3.97. The third-order valence-corrected chi connectivity index (χ3v) is 4.38. The van der Waals surface area contributed by atoms with Gasteiger partial charge in [-0.3, -0.25) is 4.79 Å². The molecule has 26 heavy (non-hydrogen) atoms. The predicted molar refractivity (Wildman–Crippen MR) is 99.1 cm³/mol. The van der Waals surface area contributed by atoms with Gasteiger partial charge < -0.3 is 19.9 Å². The van der Waals surface area contributed by atoms with Gasteiger partial charge in [0.25, 0.3) is 5.91 Å². The molecule has 2 heterocycles. The molecule has 7 heteroatoms. The Kier molecular flexibility index (Phi) is 6.01. The van der Waals surface area contributed by atoms with Gasteiger partial charge in [-0.1, -0.05) is 0 Å². The highest BCUT2D eigenvalue weighted by molar-refractivity contribution is 5.94. The molecule has 0 saturated carbocycles. The third kappa shape index (κ3) is 4.49. The largest absolute Gasteiger partial charge is 0.383 e. The minimum absolute atomic E-state index is 0.0142. The monoisotopic (exact) mass is 358 g/mol. The van der Waals surface area contributed by atoms with Gasteiger partial charge in [0.1, 0.15) is 11.6 Å². The number of nitrogens with one attached hydrogen (secondary N) is 1. The van der Waals surface area contributed by atoms with Crippen LogP contribution in [0.2, 0.25) is 0 Å². The first kappa shape index (κ1) is 18.1. The molecule has 138 valence electrons. The molecule has 1 aliphatic heterocycles. The molecule has 0 radical (unpaired) electrons. The second-order valence-corrected chi connectivity index (χ2v) is 6.11. The number of carbonyl (C=O) groups excluding carboxylic acids is 1. The van der Waals surface area contributed by atoms with Gasteiger partial charge in [0.05, 0.1) is 12.2 Å². The summed E-state index contributed by atoms with van der Waals surface area (Å²) in [7, 11) is 1.65. The van der Waals surface area contributed by atoms with Gasteiger partial charge in [-0.05, 0) is 36.4 Å². The van der Waals surface area contributed by atoms with E-state index in [0.717, 1.165) is 24.6 Å². The van der Waals surface area contributed by atoms with Crippen LogP contribution >= 0.6 is 0 Å². The number of hydrogen-bond donors (Lipinski definition) is 1. The van der Waals surface area contributed by atoms with Crippen molar-refractivity contribution in [2.45, 2.75) is 0 Å². The first-order valence-electron chi connectivity index (χ1n) is 8.66. The summed E-state index contributed by atoms with van der Waals surface area (Å²) < 4.78 is 18.0. The second-order valence-electron chi connectivity index (χ2n) is 6.11. The minimum Gasteiger partial charge on any atom is -0.383 e. The molecule has 3 rings (SSSR count). The molecular weight excluding hydrogens is 335 g/mol. The smallest absolute Gasteiger partial charge is 0.255 e. The van der Waals surface area contributed by atoms with E-state index in [1.807, 2.05) is 4.90 Å². The number of amides is 1. The van der Waals surface area contributed by atoms with E-state index in [4.69, 9.17) is 4.74 Å². The van der Waals surface area contributed by atoms with Gasteiger partial charge in [-0.2, -0.15) is 0 Å². The van der Waals surface area contributed by atoms with Gasteiger partial charge in [0.15, 0.2) is 0 Å². The van der Waals surface area contributed by atoms with Crippen molar-refractivity contribution < 1.29 is 13.9 Å². The molecule has 6 nitrogen and oxygen atoms in total. The van der Waals surface area contributed by atoms with Crippen LogP contribution in [-0.4, -0.2) is 62.2 Å². The van der Waals surface area contributed by atoms with Crippen molar-refractivity contribution in [1.29, 1.82) is 0 Å². The summed E-state index contributed by atoms with van der Waals surface area (Å²) in [5.74, 6) is 0.467. The molecule has 1 aromatic carbocycles. The average molecular weight is 358 g/mol. The Morgan fingerprint density at radius 3 is 2.50 bits per heavy atom. The van der Waals surface area contributed by atoms with Crippen LogP contribution in [-0.2, 0) is 4.74 Å². The molecule has 0 aliphatic carbocycles. The molecule has 0 spiro atoms. The van der Waals surface area contributed by atoms with Crippen LogP contribution in [0.5, 0.6) is 0 Å². The first-order chi connectivity index (χ1) is 12.7. The maximum absolute atomic E-state index is 13.0. The Labute approximate surface area is 152 Å². The number of rotatable bonds is 6. The summed E-state index contributed by atoms with van der Waals surface area (Å²) >= 11 is 0. The zero-order valence-electron chi connectivity index (χ0n) is 14.8. The number of pyridine rings is 1. The summed E-state index contributed by atoms with van der Waals surface area (Å²) in [5, 5.41) is 3.12. The number of methoxy groups -OCH3 is 1. The lowest BCUT2D eigenvalue weighted by atomic mass is 10.2. The summed E-state index contributed by atoms with van der Waals surface area (Å²) in [4.78, 5) is 20.9. The predicted octanol–water partition coefficient (Wildman–Crippen LogP) is 2.24. The Morgan fingerprint density at radius 2 is 1.88 bits per heavy atom. The summed E-state index contributed by atoms with van der Waals surface area (Å²) in [6, 6.07) is 10.0. The number of hydrogen-bond acceptors (Lipinski definition) is 5. The molecule has 0 bridgehead atoms. The van der Waals surface area contributed by atoms with E-state index in [1.54, 1.807) is 37.6 Å². The van der Waals surface area contributed by atoms with E-state index in [2.05, 4.69) is 15.2 Å². The molecule has 0 atom stereocenters. The van der Waals surface area contributed by atoms with Crippen LogP contribution in [0, 0.1) is 5.82 Å². The van der Waals surface area contributed by atoms with Crippen LogP contribution < -0.4 is 10.2 Å². The summed E-state index contributed by atoms with van der Waals surface area (Å²) in [5.41, 5.74) is 1.56. The highest BCUT2D eigenvalue weighted by Gasteiger charge is 2.22. The normalized spacial score (nSPS) is 14.4. The lowest BCUT2D eigenvalue weighted by Crippen LogP contribution is -2.48. The standard InChI is InChI=1S/C19H23FN4O2/c1-26-13-8-21-18-7-2-15(14-22-18)19(25)24-11-9-23(10-12-24)17-5-3-16(20)4-6-17/h2-7,14H,8-13H2,1H3,(H,21,22). The van der Waals surface area contributed by atoms with E-state index >= 15 is 0 Å². The fraction of sp³-hybridized carbons (Fsp3) is 0.368. The molecular formula is C19H23FN4O2. The topological polar surface area (TPSA) is 57.7 Å². The molecule has 1 amide bonds. The molecule has 1 N–H and O–H groups in total. The zero-order chi connectivity index (χ0) is 18.4. The van der Waals surface area contributed by atoms with Gasteiger partial charge in [-0.15, -0.1) is 0 Å². The van der Waals surface area contributed by atoms with E-state index in [1.165, 1.54) is 12.1 Å². The van der Waals surface area contributed by atoms with Crippen molar-refractivity contribution in [3.63, 3.8) is 0 Å². The Balaban J connectivity index is 1.53. The highest BCUT2D eigenvalue weighted by Crippen LogP contribution is 2.18. The van der Waals surface area contributed by atoms with Gasteiger partial charge in [0, 0.05) is 51.7 Å². The van der Waals surface area contributed by atoms with Crippen LogP contribution in [0.3, 0.4) is 0 Å². The number of aromatic nitrogens is 1. The molecule has 0 unspecified atom stereocenters. The quantitative estimate of drug-likeness (QED) is 0.803. The van der Waals surface area contributed by atoms with Crippen LogP contribution in [0.1, 0.15) is 10.4 Å². The zero-order valence-corrected chi connectivity index (χ0v) is 14.8. The molecule has 1 aromatic heterocycles. The number of benzene rings is 1. The maximum atomic E-state index is 13.0. The second kappa shape index (κ2) is 8.62. The Morgan fingerprint density at radius 1 is 1.15 bits per heavy atom. The first-order valence-corrected chi connectivity index (χ1v) is 8.66. The minimum atomic E-state index is -0.241. The van der Waals surface area contributed by atoms with Crippen molar-refractivity contribution in [3.05, 3.63) is 54.0 Å². The molecule has 1 fully saturated rings. The van der Waals surface area contributed by atoms with E-state index in [0.29, 0.717) is 31.8 Å². The number of halogens is 1. The SMILES string of the molecule is COCCNc1ccc(C(=O)N2CCN(c3ccc(F)cc3)CC2)cn1. The van der Waals surface area contributed by atoms with Crippen LogP contribution in [0.4, 0.5) is 15.9 Å². The maximum Gasteiger partial charge on any atom is 0.255 e. The third-order valence-electron chi connectivity index (χ3n) is 4.38. The molecule has 1 aliphatic rings. The molecule has 1 saturated heterocycles. The van der Waals surface area contributed by atoms with Crippen molar-refractivity contribution in [2.75, 3.05) is 56.7 Å². The number of nitrogens with zero attached hydrogens (tertiary/aromatic N) is 3. The van der Waals surface area contributed by atoms with Crippen molar-refractivity contribution in [1.82, 2.24) is 9.88 Å². The Hall–Kier alpha value is -2.67. The number of piperazine rings is 1. The summed E-state index contributed by atoms with van der Waals surface area (Å²) in [6.07, 6.45) is 1.60. The fourth-order valence-electron chi connectivity index (χ4n) is 2.91. The van der Waals surface area contributed by atoms with E-state index < -0.39 is 0 Å². The van der Waals surface area contributed by atoms with Crippen molar-refractivity contribution >= 4 is 17.4 Å². The van der Waals surface area contributed by atoms with Gasteiger partial charge >= 0.3 is 0 Å². The fourth-order valence-corrected chi connectivity index (χ4v) is 2.91.